The number of piperazine rings is 1. The van der Waals surface area contributed by atoms with Crippen LogP contribution in [0, 0.1) is 11.6 Å². The third-order valence-electron chi connectivity index (χ3n) is 4.07. The molecule has 2 aromatic carbocycles. The van der Waals surface area contributed by atoms with E-state index in [1.165, 1.54) is 12.1 Å². The fourth-order valence-corrected chi connectivity index (χ4v) is 2.93. The third-order valence-corrected chi connectivity index (χ3v) is 4.07. The minimum Gasteiger partial charge on any atom is -0.366 e. The first-order chi connectivity index (χ1) is 10.1. The Hall–Kier alpha value is -1.94. The van der Waals surface area contributed by atoms with Crippen LogP contribution in [0.3, 0.4) is 0 Å². The van der Waals surface area contributed by atoms with Gasteiger partial charge in [0.25, 0.3) is 0 Å². The predicted octanol–water partition coefficient (Wildman–Crippen LogP) is 3.29. The van der Waals surface area contributed by atoms with Crippen molar-refractivity contribution in [1.29, 1.82) is 0 Å². The molecule has 0 amide bonds. The summed E-state index contributed by atoms with van der Waals surface area (Å²) in [6.45, 7) is 4.20. The van der Waals surface area contributed by atoms with Crippen molar-refractivity contribution in [3.05, 3.63) is 65.7 Å². The molecule has 110 valence electrons. The molecule has 1 fully saturated rings. The number of hydrogen-bond acceptors (Lipinski definition) is 2. The van der Waals surface area contributed by atoms with Gasteiger partial charge in [0.15, 0.2) is 0 Å². The van der Waals surface area contributed by atoms with Crippen molar-refractivity contribution in [2.45, 2.75) is 12.5 Å². The Morgan fingerprint density at radius 2 is 1.86 bits per heavy atom. The highest BCUT2D eigenvalue weighted by atomic mass is 19.1. The molecule has 2 nitrogen and oxygen atoms in total. The van der Waals surface area contributed by atoms with E-state index in [2.05, 4.69) is 24.4 Å². The number of hydrogen-bond donors (Lipinski definition) is 1. The molecule has 2 aromatic rings. The van der Waals surface area contributed by atoms with Crippen LogP contribution in [-0.2, 0) is 5.54 Å². The highest BCUT2D eigenvalue weighted by Crippen LogP contribution is 2.29. The average molecular weight is 288 g/mol. The van der Waals surface area contributed by atoms with Gasteiger partial charge < -0.3 is 10.2 Å². The maximum atomic E-state index is 14.0. The van der Waals surface area contributed by atoms with Gasteiger partial charge in [-0.3, -0.25) is 0 Å². The summed E-state index contributed by atoms with van der Waals surface area (Å²) in [6.07, 6.45) is 0. The summed E-state index contributed by atoms with van der Waals surface area (Å²) in [4.78, 5) is 1.97. The van der Waals surface area contributed by atoms with Crippen LogP contribution in [0.1, 0.15) is 12.5 Å². The third kappa shape index (κ3) is 2.76. The first-order valence-corrected chi connectivity index (χ1v) is 7.09. The highest BCUT2D eigenvalue weighted by Gasteiger charge is 2.33. The van der Waals surface area contributed by atoms with Crippen LogP contribution in [-0.4, -0.2) is 19.6 Å². The van der Waals surface area contributed by atoms with E-state index in [9.17, 15) is 8.78 Å². The summed E-state index contributed by atoms with van der Waals surface area (Å²) in [5, 5.41) is 3.50. The first kappa shape index (κ1) is 14.0. The van der Waals surface area contributed by atoms with Crippen LogP contribution in [0.15, 0.2) is 48.5 Å². The van der Waals surface area contributed by atoms with E-state index in [0.717, 1.165) is 18.2 Å². The normalized spacial score (nSPS) is 22.3. The maximum absolute atomic E-state index is 14.0. The lowest BCUT2D eigenvalue weighted by molar-refractivity contribution is 0.330. The molecule has 21 heavy (non-hydrogen) atoms. The van der Waals surface area contributed by atoms with E-state index in [1.807, 2.05) is 23.1 Å². The molecule has 4 heteroatoms. The molecule has 1 aliphatic heterocycles. The molecule has 3 rings (SSSR count). The van der Waals surface area contributed by atoms with Gasteiger partial charge in [-0.25, -0.2) is 8.78 Å². The van der Waals surface area contributed by atoms with E-state index < -0.39 is 11.6 Å². The van der Waals surface area contributed by atoms with Crippen molar-refractivity contribution in [2.24, 2.45) is 0 Å². The van der Waals surface area contributed by atoms with Crippen LogP contribution in [0.5, 0.6) is 0 Å². The minimum atomic E-state index is -0.544. The average Bonchev–Trinajstić information content (AvgIpc) is 2.48. The topological polar surface area (TPSA) is 15.3 Å². The van der Waals surface area contributed by atoms with Crippen LogP contribution in [0.25, 0.3) is 0 Å². The van der Waals surface area contributed by atoms with Gasteiger partial charge in [0.1, 0.15) is 11.6 Å². The molecule has 1 unspecified atom stereocenters. The van der Waals surface area contributed by atoms with Crippen LogP contribution < -0.4 is 10.2 Å². The van der Waals surface area contributed by atoms with Gasteiger partial charge in [0.05, 0.1) is 11.2 Å². The lowest BCUT2D eigenvalue weighted by Crippen LogP contribution is -2.57. The second-order valence-corrected chi connectivity index (χ2v) is 5.64. The Balaban J connectivity index is 1.89. The van der Waals surface area contributed by atoms with E-state index in [-0.39, 0.29) is 5.54 Å². The van der Waals surface area contributed by atoms with E-state index in [0.29, 0.717) is 18.8 Å². The Bertz CT molecular complexity index is 630. The van der Waals surface area contributed by atoms with E-state index in [1.54, 1.807) is 0 Å². The molecular formula is C17H18F2N2. The quantitative estimate of drug-likeness (QED) is 0.912. The maximum Gasteiger partial charge on any atom is 0.149 e. The van der Waals surface area contributed by atoms with Gasteiger partial charge in [-0.15, -0.1) is 0 Å². The van der Waals surface area contributed by atoms with Crippen molar-refractivity contribution in [1.82, 2.24) is 5.32 Å². The molecule has 0 saturated carbocycles. The molecule has 1 heterocycles. The van der Waals surface area contributed by atoms with Gasteiger partial charge in [-0.05, 0) is 24.6 Å². The summed E-state index contributed by atoms with van der Waals surface area (Å²) < 4.78 is 27.0. The van der Waals surface area contributed by atoms with Gasteiger partial charge in [-0.2, -0.15) is 0 Å². The number of rotatable bonds is 2. The summed E-state index contributed by atoms with van der Waals surface area (Å²) >= 11 is 0. The molecule has 0 bridgehead atoms. The largest absolute Gasteiger partial charge is 0.366 e. The van der Waals surface area contributed by atoms with Gasteiger partial charge in [-0.1, -0.05) is 30.3 Å². The fourth-order valence-electron chi connectivity index (χ4n) is 2.93. The van der Waals surface area contributed by atoms with Crippen molar-refractivity contribution in [3.8, 4) is 0 Å². The molecule has 0 aromatic heterocycles. The van der Waals surface area contributed by atoms with Crippen molar-refractivity contribution < 1.29 is 8.78 Å². The second-order valence-electron chi connectivity index (χ2n) is 5.64. The minimum absolute atomic E-state index is 0.250. The zero-order valence-electron chi connectivity index (χ0n) is 11.9. The van der Waals surface area contributed by atoms with Crippen molar-refractivity contribution in [3.63, 3.8) is 0 Å². The van der Waals surface area contributed by atoms with Crippen LogP contribution >= 0.6 is 0 Å². The zero-order chi connectivity index (χ0) is 14.9. The first-order valence-electron chi connectivity index (χ1n) is 7.09. The fraction of sp³-hybridized carbons (Fsp3) is 0.294. The molecular weight excluding hydrogens is 270 g/mol. The van der Waals surface area contributed by atoms with Crippen LogP contribution in [0.4, 0.5) is 14.5 Å². The second kappa shape index (κ2) is 5.45. The summed E-state index contributed by atoms with van der Waals surface area (Å²) in [6, 6.07) is 13.9. The summed E-state index contributed by atoms with van der Waals surface area (Å²) in [5.41, 5.74) is 1.37. The van der Waals surface area contributed by atoms with Crippen molar-refractivity contribution >= 4 is 5.69 Å². The standard InChI is InChI=1S/C17H18F2N2/c1-17(13-5-3-2-4-6-13)12-21(10-9-20-17)16-8-7-14(18)11-15(16)19/h2-8,11,20H,9-10,12H2,1H3. The molecule has 0 spiro atoms. The Labute approximate surface area is 123 Å². The predicted molar refractivity (Wildman–Crippen MR) is 80.4 cm³/mol. The van der Waals surface area contributed by atoms with Gasteiger partial charge >= 0.3 is 0 Å². The number of nitrogens with zero attached hydrogens (tertiary/aromatic N) is 1. The molecule has 0 aliphatic carbocycles. The highest BCUT2D eigenvalue weighted by molar-refractivity contribution is 5.49. The van der Waals surface area contributed by atoms with Crippen molar-refractivity contribution in [2.75, 3.05) is 24.5 Å². The lowest BCUT2D eigenvalue weighted by atomic mass is 9.89. The monoisotopic (exact) mass is 288 g/mol. The van der Waals surface area contributed by atoms with Gasteiger partial charge in [0.2, 0.25) is 0 Å². The van der Waals surface area contributed by atoms with E-state index in [4.69, 9.17) is 0 Å². The Morgan fingerprint density at radius 3 is 2.57 bits per heavy atom. The Morgan fingerprint density at radius 1 is 1.10 bits per heavy atom. The molecule has 1 saturated heterocycles. The lowest BCUT2D eigenvalue weighted by Gasteiger charge is -2.43. The number of nitrogens with one attached hydrogen (secondary N) is 1. The zero-order valence-corrected chi connectivity index (χ0v) is 11.9. The molecule has 1 N–H and O–H groups in total. The van der Waals surface area contributed by atoms with Crippen LogP contribution in [0.2, 0.25) is 0 Å². The molecule has 1 atom stereocenters. The smallest absolute Gasteiger partial charge is 0.149 e. The summed E-state index contributed by atoms with van der Waals surface area (Å²) in [5.74, 6) is -1.05. The molecule has 0 radical (unpaired) electrons. The Kier molecular flexibility index (Phi) is 3.64. The number of anilines is 1. The summed E-state index contributed by atoms with van der Waals surface area (Å²) in [7, 11) is 0. The molecule has 1 aliphatic rings. The number of halogens is 2. The number of benzene rings is 2. The van der Waals surface area contributed by atoms with E-state index >= 15 is 0 Å². The SMILES string of the molecule is CC1(c2ccccc2)CN(c2ccc(F)cc2F)CCN1. The van der Waals surface area contributed by atoms with Gasteiger partial charge in [0, 0.05) is 25.7 Å².